The van der Waals surface area contributed by atoms with E-state index in [0.717, 1.165) is 25.9 Å². The van der Waals surface area contributed by atoms with E-state index in [9.17, 15) is 4.79 Å². The van der Waals surface area contributed by atoms with Crippen molar-refractivity contribution in [2.24, 2.45) is 0 Å². The van der Waals surface area contributed by atoms with Crippen molar-refractivity contribution in [1.29, 1.82) is 0 Å². The number of hydrogen-bond donors (Lipinski definition) is 1. The Kier molecular flexibility index (Phi) is 3.95. The molecule has 1 saturated heterocycles. The minimum Gasteiger partial charge on any atom is -0.478 e. The summed E-state index contributed by atoms with van der Waals surface area (Å²) in [6.07, 6.45) is 5.10. The maximum atomic E-state index is 10.3. The number of piperidine rings is 1. The molecule has 0 bridgehead atoms. The van der Waals surface area contributed by atoms with Gasteiger partial charge in [0.15, 0.2) is 0 Å². The summed E-state index contributed by atoms with van der Waals surface area (Å²) in [5, 5.41) is 8.46. The summed E-state index contributed by atoms with van der Waals surface area (Å²) in [6.45, 7) is 1.90. The van der Waals surface area contributed by atoms with Crippen molar-refractivity contribution in [3.8, 4) is 0 Å². The Morgan fingerprint density at radius 3 is 2.43 bits per heavy atom. The van der Waals surface area contributed by atoms with Gasteiger partial charge < -0.3 is 14.9 Å². The number of aliphatic carboxylic acids is 1. The van der Waals surface area contributed by atoms with Gasteiger partial charge in [0.2, 0.25) is 0 Å². The predicted octanol–water partition coefficient (Wildman–Crippen LogP) is 0.611. The normalized spacial score (nSPS) is 19.5. The molecule has 0 spiro atoms. The van der Waals surface area contributed by atoms with E-state index in [1.807, 2.05) is 0 Å². The predicted molar refractivity (Wildman–Crippen MR) is 55.1 cm³/mol. The van der Waals surface area contributed by atoms with Crippen LogP contribution < -0.4 is 0 Å². The SMILES string of the molecule is CN(C)C1CCN(C=CC(=O)O)CC1. The molecule has 0 aromatic rings. The van der Waals surface area contributed by atoms with Crippen molar-refractivity contribution in [3.05, 3.63) is 12.3 Å². The molecule has 0 saturated carbocycles. The fourth-order valence-corrected chi connectivity index (χ4v) is 1.72. The average Bonchev–Trinajstić information content (AvgIpc) is 2.15. The number of likely N-dealkylation sites (tertiary alicyclic amines) is 1. The highest BCUT2D eigenvalue weighted by Crippen LogP contribution is 2.13. The summed E-state index contributed by atoms with van der Waals surface area (Å²) in [7, 11) is 4.18. The first-order valence-electron chi connectivity index (χ1n) is 4.91. The van der Waals surface area contributed by atoms with E-state index in [-0.39, 0.29) is 0 Å². The topological polar surface area (TPSA) is 43.8 Å². The Morgan fingerprint density at radius 1 is 1.43 bits per heavy atom. The zero-order valence-corrected chi connectivity index (χ0v) is 8.81. The van der Waals surface area contributed by atoms with Gasteiger partial charge >= 0.3 is 5.97 Å². The molecule has 1 rings (SSSR count). The van der Waals surface area contributed by atoms with Crippen molar-refractivity contribution in [1.82, 2.24) is 9.80 Å². The van der Waals surface area contributed by atoms with Crippen LogP contribution >= 0.6 is 0 Å². The third kappa shape index (κ3) is 3.38. The first kappa shape index (κ1) is 11.0. The van der Waals surface area contributed by atoms with Gasteiger partial charge in [-0.3, -0.25) is 0 Å². The van der Waals surface area contributed by atoms with Crippen LogP contribution in [-0.2, 0) is 4.79 Å². The second kappa shape index (κ2) is 5.00. The minimum atomic E-state index is -0.875. The van der Waals surface area contributed by atoms with Crippen molar-refractivity contribution in [2.75, 3.05) is 27.2 Å². The van der Waals surface area contributed by atoms with Crippen LogP contribution in [0, 0.1) is 0 Å². The van der Waals surface area contributed by atoms with E-state index < -0.39 is 5.97 Å². The maximum absolute atomic E-state index is 10.3. The highest BCUT2D eigenvalue weighted by Gasteiger charge is 2.18. The zero-order chi connectivity index (χ0) is 10.6. The van der Waals surface area contributed by atoms with Crippen LogP contribution in [0.1, 0.15) is 12.8 Å². The van der Waals surface area contributed by atoms with Gasteiger partial charge in [-0.05, 0) is 26.9 Å². The molecule has 0 atom stereocenters. The summed E-state index contributed by atoms with van der Waals surface area (Å²) in [6, 6.07) is 0.643. The summed E-state index contributed by atoms with van der Waals surface area (Å²) < 4.78 is 0. The standard InChI is InChI=1S/C10H18N2O2/c1-11(2)9-3-6-12(7-4-9)8-5-10(13)14/h5,8-9H,3-4,6-7H2,1-2H3,(H,13,14). The van der Waals surface area contributed by atoms with E-state index in [0.29, 0.717) is 6.04 Å². The molecule has 1 fully saturated rings. The molecule has 1 heterocycles. The van der Waals surface area contributed by atoms with Crippen molar-refractivity contribution in [2.45, 2.75) is 18.9 Å². The van der Waals surface area contributed by atoms with Crippen LogP contribution in [0.15, 0.2) is 12.3 Å². The van der Waals surface area contributed by atoms with Crippen LogP contribution in [-0.4, -0.2) is 54.1 Å². The van der Waals surface area contributed by atoms with Gasteiger partial charge in [-0.2, -0.15) is 0 Å². The Balaban J connectivity index is 2.32. The van der Waals surface area contributed by atoms with Crippen molar-refractivity contribution in [3.63, 3.8) is 0 Å². The van der Waals surface area contributed by atoms with Crippen molar-refractivity contribution < 1.29 is 9.90 Å². The Morgan fingerprint density at radius 2 is 2.00 bits per heavy atom. The molecule has 80 valence electrons. The smallest absolute Gasteiger partial charge is 0.329 e. The van der Waals surface area contributed by atoms with Gasteiger partial charge in [-0.15, -0.1) is 0 Å². The Labute approximate surface area is 84.8 Å². The number of carboxylic acid groups (broad SMARTS) is 1. The molecule has 4 heteroatoms. The number of carbonyl (C=O) groups is 1. The number of nitrogens with zero attached hydrogens (tertiary/aromatic N) is 2. The average molecular weight is 198 g/mol. The summed E-state index contributed by atoms with van der Waals surface area (Å²) >= 11 is 0. The number of rotatable bonds is 3. The van der Waals surface area contributed by atoms with Crippen LogP contribution in [0.3, 0.4) is 0 Å². The molecule has 0 unspecified atom stereocenters. The van der Waals surface area contributed by atoms with Gasteiger partial charge in [0, 0.05) is 31.4 Å². The van der Waals surface area contributed by atoms with Gasteiger partial charge in [-0.1, -0.05) is 0 Å². The first-order valence-corrected chi connectivity index (χ1v) is 4.91. The molecule has 14 heavy (non-hydrogen) atoms. The number of hydrogen-bond acceptors (Lipinski definition) is 3. The summed E-state index contributed by atoms with van der Waals surface area (Å²) in [4.78, 5) is 14.6. The molecule has 0 aliphatic carbocycles. The molecule has 4 nitrogen and oxygen atoms in total. The highest BCUT2D eigenvalue weighted by atomic mass is 16.4. The molecule has 1 aliphatic rings. The maximum Gasteiger partial charge on any atom is 0.329 e. The third-order valence-electron chi connectivity index (χ3n) is 2.66. The van der Waals surface area contributed by atoms with Crippen molar-refractivity contribution >= 4 is 5.97 Å². The molecule has 1 aliphatic heterocycles. The lowest BCUT2D eigenvalue weighted by Crippen LogP contribution is -2.39. The van der Waals surface area contributed by atoms with E-state index in [1.54, 1.807) is 6.20 Å². The molecule has 0 aromatic carbocycles. The third-order valence-corrected chi connectivity index (χ3v) is 2.66. The number of carboxylic acids is 1. The van der Waals surface area contributed by atoms with E-state index in [2.05, 4.69) is 23.9 Å². The quantitative estimate of drug-likeness (QED) is 0.675. The summed E-state index contributed by atoms with van der Waals surface area (Å²) in [5.74, 6) is -0.875. The molecule has 1 N–H and O–H groups in total. The monoisotopic (exact) mass is 198 g/mol. The van der Waals surface area contributed by atoms with Crippen LogP contribution in [0.25, 0.3) is 0 Å². The second-order valence-corrected chi connectivity index (χ2v) is 3.88. The minimum absolute atomic E-state index is 0.643. The van der Waals surface area contributed by atoms with Gasteiger partial charge in [0.1, 0.15) is 0 Å². The fraction of sp³-hybridized carbons (Fsp3) is 0.700. The van der Waals surface area contributed by atoms with E-state index in [4.69, 9.17) is 5.11 Å². The fourth-order valence-electron chi connectivity index (χ4n) is 1.72. The van der Waals surface area contributed by atoms with Gasteiger partial charge in [-0.25, -0.2) is 4.79 Å². The highest BCUT2D eigenvalue weighted by molar-refractivity contribution is 5.79. The lowest BCUT2D eigenvalue weighted by molar-refractivity contribution is -0.131. The van der Waals surface area contributed by atoms with Crippen LogP contribution in [0.4, 0.5) is 0 Å². The lowest BCUT2D eigenvalue weighted by Gasteiger charge is -2.34. The molecular weight excluding hydrogens is 180 g/mol. The zero-order valence-electron chi connectivity index (χ0n) is 8.81. The van der Waals surface area contributed by atoms with Gasteiger partial charge in [0.05, 0.1) is 0 Å². The largest absolute Gasteiger partial charge is 0.478 e. The molecule has 0 radical (unpaired) electrons. The molecule has 0 amide bonds. The molecular formula is C10H18N2O2. The lowest BCUT2D eigenvalue weighted by atomic mass is 10.0. The Bertz CT molecular complexity index is 218. The second-order valence-electron chi connectivity index (χ2n) is 3.88. The summed E-state index contributed by atoms with van der Waals surface area (Å²) in [5.41, 5.74) is 0. The molecule has 0 aromatic heterocycles. The van der Waals surface area contributed by atoms with Gasteiger partial charge in [0.25, 0.3) is 0 Å². The van der Waals surface area contributed by atoms with Crippen LogP contribution in [0.5, 0.6) is 0 Å². The Hall–Kier alpha value is -1.03. The van der Waals surface area contributed by atoms with E-state index in [1.165, 1.54) is 6.08 Å². The van der Waals surface area contributed by atoms with E-state index >= 15 is 0 Å². The first-order chi connectivity index (χ1) is 6.59. The van der Waals surface area contributed by atoms with Crippen LogP contribution in [0.2, 0.25) is 0 Å².